The first-order valence-corrected chi connectivity index (χ1v) is 6.43. The molecular weight excluding hydrogens is 322 g/mol. The van der Waals surface area contributed by atoms with Gasteiger partial charge in [0.1, 0.15) is 0 Å². The van der Waals surface area contributed by atoms with Gasteiger partial charge in [-0.25, -0.2) is 0 Å². The third-order valence-electron chi connectivity index (χ3n) is 1.79. The van der Waals surface area contributed by atoms with Gasteiger partial charge in [0.2, 0.25) is 0 Å². The maximum atomic E-state index is 11.2. The van der Waals surface area contributed by atoms with Crippen molar-refractivity contribution in [3.05, 3.63) is 24.3 Å². The maximum absolute atomic E-state index is 11.2. The Labute approximate surface area is 124 Å². The Kier molecular flexibility index (Phi) is 6.02. The summed E-state index contributed by atoms with van der Waals surface area (Å²) in [6.45, 7) is 0. The minimum atomic E-state index is -1.17. The molecule has 0 aliphatic heterocycles. The van der Waals surface area contributed by atoms with Gasteiger partial charge in [-0.1, -0.05) is 52.5 Å². The van der Waals surface area contributed by atoms with E-state index >= 15 is 0 Å². The van der Waals surface area contributed by atoms with E-state index in [4.69, 9.17) is 46.4 Å². The zero-order chi connectivity index (χ0) is 13.7. The second-order valence-corrected chi connectivity index (χ2v) is 5.35. The molecule has 0 aromatic heterocycles. The summed E-state index contributed by atoms with van der Waals surface area (Å²) in [5.74, 6) is -1.12. The van der Waals surface area contributed by atoms with Gasteiger partial charge >= 0.3 is 0 Å². The van der Waals surface area contributed by atoms with Gasteiger partial charge in [-0.2, -0.15) is 0 Å². The van der Waals surface area contributed by atoms with Gasteiger partial charge in [0, 0.05) is 11.4 Å². The van der Waals surface area contributed by atoms with E-state index in [0.29, 0.717) is 11.4 Å². The summed E-state index contributed by atoms with van der Waals surface area (Å²) in [4.78, 5) is 20.2. The van der Waals surface area contributed by atoms with Crippen LogP contribution in [0.15, 0.2) is 24.3 Å². The number of benzene rings is 1. The molecule has 1 rings (SSSR count). The number of alkyl halides is 4. The Balaban J connectivity index is 2.74. The van der Waals surface area contributed by atoms with Crippen molar-refractivity contribution in [1.82, 2.24) is 0 Å². The number of halogens is 4. The van der Waals surface area contributed by atoms with Crippen LogP contribution in [0.3, 0.4) is 0 Å². The highest BCUT2D eigenvalue weighted by Gasteiger charge is 2.13. The first kappa shape index (κ1) is 15.4. The van der Waals surface area contributed by atoms with E-state index in [1.165, 1.54) is 6.07 Å². The Hall–Kier alpha value is -0.680. The van der Waals surface area contributed by atoms with Gasteiger partial charge in [-0.3, -0.25) is 9.59 Å². The second-order valence-electron chi connectivity index (χ2n) is 3.16. The lowest BCUT2D eigenvalue weighted by Gasteiger charge is -2.09. The van der Waals surface area contributed by atoms with Crippen LogP contribution < -0.4 is 10.6 Å². The van der Waals surface area contributed by atoms with Crippen molar-refractivity contribution in [3.63, 3.8) is 0 Å². The SMILES string of the molecule is O=C(Nc1cccc(NC(=O)C(Cl)Cl)c1)C(Cl)Cl. The minimum Gasteiger partial charge on any atom is -0.324 e. The normalized spacial score (nSPS) is 10.6. The molecule has 0 atom stereocenters. The van der Waals surface area contributed by atoms with Gasteiger partial charge in [-0.05, 0) is 18.2 Å². The van der Waals surface area contributed by atoms with Crippen molar-refractivity contribution < 1.29 is 9.59 Å². The number of hydrogen-bond donors (Lipinski definition) is 2. The minimum absolute atomic E-state index is 0.435. The maximum Gasteiger partial charge on any atom is 0.257 e. The highest BCUT2D eigenvalue weighted by Crippen LogP contribution is 2.17. The Bertz CT molecular complexity index is 414. The van der Waals surface area contributed by atoms with Crippen LogP contribution in [0.1, 0.15) is 0 Å². The van der Waals surface area contributed by atoms with Crippen molar-refractivity contribution in [2.24, 2.45) is 0 Å². The van der Waals surface area contributed by atoms with Crippen molar-refractivity contribution in [2.75, 3.05) is 10.6 Å². The molecule has 0 spiro atoms. The van der Waals surface area contributed by atoms with Crippen molar-refractivity contribution in [2.45, 2.75) is 9.67 Å². The number of nitrogens with one attached hydrogen (secondary N) is 2. The van der Waals surface area contributed by atoms with E-state index in [1.54, 1.807) is 18.2 Å². The van der Waals surface area contributed by atoms with Crippen LogP contribution >= 0.6 is 46.4 Å². The molecule has 0 saturated carbocycles. The van der Waals surface area contributed by atoms with Gasteiger partial charge in [0.15, 0.2) is 9.67 Å². The molecule has 0 aliphatic rings. The molecule has 0 radical (unpaired) electrons. The second kappa shape index (κ2) is 7.04. The molecule has 0 bridgehead atoms. The largest absolute Gasteiger partial charge is 0.324 e. The molecule has 1 aromatic rings. The predicted octanol–water partition coefficient (Wildman–Crippen LogP) is 3.17. The summed E-state index contributed by atoms with van der Waals surface area (Å²) in [7, 11) is 0. The Morgan fingerprint density at radius 2 is 1.28 bits per heavy atom. The first-order chi connectivity index (χ1) is 8.40. The van der Waals surface area contributed by atoms with Gasteiger partial charge in [-0.15, -0.1) is 0 Å². The smallest absolute Gasteiger partial charge is 0.257 e. The summed E-state index contributed by atoms with van der Waals surface area (Å²) in [6.07, 6.45) is 0. The number of anilines is 2. The lowest BCUT2D eigenvalue weighted by Crippen LogP contribution is -2.20. The van der Waals surface area contributed by atoms with Crippen molar-refractivity contribution in [1.29, 1.82) is 0 Å². The lowest BCUT2D eigenvalue weighted by atomic mass is 10.2. The quantitative estimate of drug-likeness (QED) is 0.833. The molecule has 4 nitrogen and oxygen atoms in total. The van der Waals surface area contributed by atoms with E-state index in [2.05, 4.69) is 10.6 Å². The van der Waals surface area contributed by atoms with Crippen molar-refractivity contribution >= 4 is 69.6 Å². The fourth-order valence-electron chi connectivity index (χ4n) is 1.07. The topological polar surface area (TPSA) is 58.2 Å². The molecule has 0 heterocycles. The Morgan fingerprint density at radius 1 is 0.889 bits per heavy atom. The summed E-state index contributed by atoms with van der Waals surface area (Å²) in [5.41, 5.74) is 0.870. The van der Waals surface area contributed by atoms with Crippen LogP contribution in [0.25, 0.3) is 0 Å². The highest BCUT2D eigenvalue weighted by atomic mass is 35.5. The van der Waals surface area contributed by atoms with Crippen LogP contribution in [0.5, 0.6) is 0 Å². The summed E-state index contributed by atoms with van der Waals surface area (Å²) < 4.78 is 0. The predicted molar refractivity (Wildman–Crippen MR) is 74.7 cm³/mol. The lowest BCUT2D eigenvalue weighted by molar-refractivity contribution is -0.115. The van der Waals surface area contributed by atoms with Crippen LogP contribution in [0.4, 0.5) is 11.4 Å². The number of carbonyl (C=O) groups excluding carboxylic acids is 2. The number of hydrogen-bond acceptors (Lipinski definition) is 2. The molecule has 8 heteroatoms. The summed E-state index contributed by atoms with van der Waals surface area (Å²) in [5, 5.41) is 4.93. The van der Waals surface area contributed by atoms with E-state index < -0.39 is 21.5 Å². The van der Waals surface area contributed by atoms with E-state index in [1.807, 2.05) is 0 Å². The van der Waals surface area contributed by atoms with Gasteiger partial charge in [0.05, 0.1) is 0 Å². The number of rotatable bonds is 4. The van der Waals surface area contributed by atoms with Crippen LogP contribution in [0.2, 0.25) is 0 Å². The number of carbonyl (C=O) groups is 2. The third-order valence-corrected chi connectivity index (χ3v) is 2.59. The fraction of sp³-hybridized carbons (Fsp3) is 0.200. The molecule has 1 aromatic carbocycles. The molecule has 2 amide bonds. The van der Waals surface area contributed by atoms with Gasteiger partial charge in [0.25, 0.3) is 11.8 Å². The molecule has 0 aliphatic carbocycles. The summed E-state index contributed by atoms with van der Waals surface area (Å²) >= 11 is 21.6. The fourth-order valence-corrected chi connectivity index (χ4v) is 1.29. The molecule has 0 unspecified atom stereocenters. The van der Waals surface area contributed by atoms with Gasteiger partial charge < -0.3 is 10.6 Å². The molecular formula is C10H8Cl4N2O2. The summed E-state index contributed by atoms with van der Waals surface area (Å²) in [6, 6.07) is 6.37. The Morgan fingerprint density at radius 3 is 1.61 bits per heavy atom. The third kappa shape index (κ3) is 4.90. The monoisotopic (exact) mass is 328 g/mol. The standard InChI is InChI=1S/C10H8Cl4N2O2/c11-7(12)9(17)15-5-2-1-3-6(4-5)16-10(18)8(13)14/h1-4,7-8H,(H,15,17)(H,16,18). The molecule has 0 fully saturated rings. The van der Waals surface area contributed by atoms with E-state index in [9.17, 15) is 9.59 Å². The molecule has 0 saturated heterocycles. The average molecular weight is 330 g/mol. The van der Waals surface area contributed by atoms with Crippen LogP contribution in [-0.4, -0.2) is 21.5 Å². The molecule has 98 valence electrons. The van der Waals surface area contributed by atoms with Crippen LogP contribution in [-0.2, 0) is 9.59 Å². The van der Waals surface area contributed by atoms with E-state index in [0.717, 1.165) is 0 Å². The van der Waals surface area contributed by atoms with Crippen molar-refractivity contribution in [3.8, 4) is 0 Å². The average Bonchev–Trinajstić information content (AvgIpc) is 2.29. The highest BCUT2D eigenvalue weighted by molar-refractivity contribution is 6.55. The van der Waals surface area contributed by atoms with E-state index in [-0.39, 0.29) is 0 Å². The molecule has 2 N–H and O–H groups in total. The van der Waals surface area contributed by atoms with Crippen LogP contribution in [0, 0.1) is 0 Å². The first-order valence-electron chi connectivity index (χ1n) is 4.68. The molecule has 18 heavy (non-hydrogen) atoms. The zero-order valence-electron chi connectivity index (χ0n) is 8.79. The zero-order valence-corrected chi connectivity index (χ0v) is 11.8. The number of amides is 2.